The average molecular weight is 544 g/mol. The van der Waals surface area contributed by atoms with Crippen LogP contribution in [0, 0.1) is 0 Å². The Bertz CT molecular complexity index is 421. The van der Waals surface area contributed by atoms with Crippen molar-refractivity contribution in [1.29, 1.82) is 0 Å². The molecule has 0 aromatic rings. The van der Waals surface area contributed by atoms with Crippen LogP contribution in [0.5, 0.6) is 0 Å². The van der Waals surface area contributed by atoms with Crippen LogP contribution in [-0.4, -0.2) is 88.3 Å². The van der Waals surface area contributed by atoms with Crippen molar-refractivity contribution in [3.63, 3.8) is 0 Å². The van der Waals surface area contributed by atoms with Gasteiger partial charge in [0.1, 0.15) is 0 Å². The summed E-state index contributed by atoms with van der Waals surface area (Å²) in [6.07, 6.45) is 10.8. The first kappa shape index (κ1) is 35.6. The van der Waals surface area contributed by atoms with Gasteiger partial charge in [0.15, 0.2) is 0 Å². The van der Waals surface area contributed by atoms with Gasteiger partial charge in [0.2, 0.25) is 0 Å². The van der Waals surface area contributed by atoms with Gasteiger partial charge in [-0.25, -0.2) is 0 Å². The third kappa shape index (κ3) is 16.9. The molecule has 0 saturated heterocycles. The summed E-state index contributed by atoms with van der Waals surface area (Å²) in [5.41, 5.74) is 0. The zero-order valence-corrected chi connectivity index (χ0v) is 26.8. The van der Waals surface area contributed by atoms with E-state index in [0.29, 0.717) is 0 Å². The summed E-state index contributed by atoms with van der Waals surface area (Å²) in [6, 6.07) is 0. The molecule has 0 aliphatic heterocycles. The summed E-state index contributed by atoms with van der Waals surface area (Å²) < 4.78 is 32.0. The molecule has 0 heterocycles. The minimum atomic E-state index is -2.23. The van der Waals surface area contributed by atoms with E-state index in [4.69, 9.17) is 22.8 Å². The van der Waals surface area contributed by atoms with Crippen molar-refractivity contribution in [2.24, 2.45) is 0 Å². The minimum absolute atomic E-state index is 0.250. The number of hydrogen-bond acceptors (Lipinski definition) is 6. The summed E-state index contributed by atoms with van der Waals surface area (Å²) >= 11 is 0. The van der Waals surface area contributed by atoms with Crippen LogP contribution >= 0.6 is 15.4 Å². The van der Waals surface area contributed by atoms with E-state index in [1.807, 2.05) is 0 Å². The Balaban J connectivity index is 5.52. The van der Waals surface area contributed by atoms with E-state index >= 15 is 0 Å². The second-order valence-electron chi connectivity index (χ2n) is 9.98. The quantitative estimate of drug-likeness (QED) is 0.106. The molecule has 35 heavy (non-hydrogen) atoms. The fourth-order valence-corrected chi connectivity index (χ4v) is 11.2. The molecular weight excluding hydrogens is 480 g/mol. The van der Waals surface area contributed by atoms with Gasteiger partial charge in [-0.3, -0.25) is 0 Å². The molecule has 0 saturated carbocycles. The van der Waals surface area contributed by atoms with E-state index < -0.39 is 15.4 Å². The van der Waals surface area contributed by atoms with Gasteiger partial charge in [-0.15, -0.1) is 0 Å². The van der Waals surface area contributed by atoms with Crippen molar-refractivity contribution in [3.05, 3.63) is 0 Å². The maximum atomic E-state index is 6.52. The molecule has 0 unspecified atom stereocenters. The predicted molar refractivity (Wildman–Crippen MR) is 159 cm³/mol. The van der Waals surface area contributed by atoms with Crippen LogP contribution in [0.1, 0.15) is 93.9 Å². The van der Waals surface area contributed by atoms with Gasteiger partial charge in [-0.05, 0) is 0 Å². The Hall–Kier alpha value is 0.620. The molecule has 216 valence electrons. The Labute approximate surface area is 220 Å². The van der Waals surface area contributed by atoms with Gasteiger partial charge in [-0.1, -0.05) is 0 Å². The molecule has 0 atom stereocenters. The molecule has 0 aromatic heterocycles. The van der Waals surface area contributed by atoms with Crippen LogP contribution in [0.25, 0.3) is 0 Å². The van der Waals surface area contributed by atoms with E-state index in [1.54, 1.807) is 0 Å². The van der Waals surface area contributed by atoms with Gasteiger partial charge < -0.3 is 0 Å². The molecular formula is C27H63NO5P2. The third-order valence-electron chi connectivity index (χ3n) is 6.02. The molecule has 8 heteroatoms. The van der Waals surface area contributed by atoms with Crippen molar-refractivity contribution in [3.8, 4) is 0 Å². The Morgan fingerprint density at radius 1 is 0.486 bits per heavy atom. The normalized spacial score (nSPS) is 13.8. The van der Waals surface area contributed by atoms with E-state index in [9.17, 15) is 0 Å². The fourth-order valence-electron chi connectivity index (χ4n) is 4.23. The summed E-state index contributed by atoms with van der Waals surface area (Å²) in [7, 11) is -4.45. The predicted octanol–water partition coefficient (Wildman–Crippen LogP) is 7.40. The topological polar surface area (TPSA) is 49.4 Å². The molecule has 0 bridgehead atoms. The standard InChI is InChI=1S/C27H63NO5P2/c1-9-18-30-34(23-13-5,31-19-10-2)25-16-28(15-22-29-27(7)8)17-26-35(24-14-6,32-20-11-3)33-21-12-4/h27,34-35H,9-26H2,1-8H3. The molecule has 0 aliphatic rings. The third-order valence-corrected chi connectivity index (χ3v) is 13.4. The van der Waals surface area contributed by atoms with Gasteiger partial charge in [0.25, 0.3) is 0 Å². The van der Waals surface area contributed by atoms with Gasteiger partial charge in [0.05, 0.1) is 0 Å². The van der Waals surface area contributed by atoms with Crippen LogP contribution in [0.4, 0.5) is 0 Å². The molecule has 0 N–H and O–H groups in total. The summed E-state index contributed by atoms with van der Waals surface area (Å²) in [6.45, 7) is 24.3. The van der Waals surface area contributed by atoms with E-state index in [0.717, 1.165) is 116 Å². The molecule has 0 aromatic carbocycles. The average Bonchev–Trinajstić information content (AvgIpc) is 2.84. The molecule has 0 fully saturated rings. The summed E-state index contributed by atoms with van der Waals surface area (Å²) in [5.74, 6) is 0. The maximum absolute atomic E-state index is 6.52. The number of rotatable bonds is 26. The van der Waals surface area contributed by atoms with Crippen LogP contribution in [0.3, 0.4) is 0 Å². The Kier molecular flexibility index (Phi) is 23.0. The Morgan fingerprint density at radius 2 is 0.857 bits per heavy atom. The summed E-state index contributed by atoms with van der Waals surface area (Å²) in [4.78, 5) is 2.56. The van der Waals surface area contributed by atoms with Crippen LogP contribution in [-0.2, 0) is 22.8 Å². The van der Waals surface area contributed by atoms with E-state index in [1.165, 1.54) is 0 Å². The monoisotopic (exact) mass is 543 g/mol. The molecule has 0 spiro atoms. The molecule has 6 nitrogen and oxygen atoms in total. The zero-order valence-electron chi connectivity index (χ0n) is 24.8. The number of ether oxygens (including phenoxy) is 1. The SMILES string of the molecule is CCCO[PH](CCC)(CCN(CCOC(C)C)CC[PH](CCC)(OCCC)OCCC)OCCC. The second-order valence-corrected chi connectivity index (χ2v) is 16.8. The van der Waals surface area contributed by atoms with Gasteiger partial charge in [0, 0.05) is 0 Å². The van der Waals surface area contributed by atoms with Crippen LogP contribution in [0.2, 0.25) is 0 Å². The van der Waals surface area contributed by atoms with E-state index in [2.05, 4.69) is 60.3 Å². The first-order chi connectivity index (χ1) is 16.9. The van der Waals surface area contributed by atoms with Crippen molar-refractivity contribution >= 4 is 15.4 Å². The van der Waals surface area contributed by atoms with Crippen molar-refractivity contribution in [1.82, 2.24) is 4.90 Å². The molecule has 0 amide bonds. The number of hydrogen-bond donors (Lipinski definition) is 0. The second kappa shape index (κ2) is 22.6. The van der Waals surface area contributed by atoms with Crippen molar-refractivity contribution in [2.75, 3.05) is 77.3 Å². The first-order valence-electron chi connectivity index (χ1n) is 14.8. The van der Waals surface area contributed by atoms with Crippen LogP contribution in [0.15, 0.2) is 0 Å². The van der Waals surface area contributed by atoms with Gasteiger partial charge in [-0.2, -0.15) is 0 Å². The zero-order chi connectivity index (χ0) is 26.4. The van der Waals surface area contributed by atoms with Gasteiger partial charge >= 0.3 is 220 Å². The molecule has 0 aliphatic carbocycles. The van der Waals surface area contributed by atoms with Crippen molar-refractivity contribution in [2.45, 2.75) is 100 Å². The van der Waals surface area contributed by atoms with E-state index in [-0.39, 0.29) is 6.10 Å². The molecule has 0 rings (SSSR count). The Morgan fingerprint density at radius 3 is 1.14 bits per heavy atom. The number of nitrogens with zero attached hydrogens (tertiary/aromatic N) is 1. The molecule has 0 radical (unpaired) electrons. The van der Waals surface area contributed by atoms with Crippen LogP contribution < -0.4 is 0 Å². The fraction of sp³-hybridized carbons (Fsp3) is 1.00. The first-order valence-corrected chi connectivity index (χ1v) is 19.2. The van der Waals surface area contributed by atoms with Crippen molar-refractivity contribution < 1.29 is 22.8 Å². The summed E-state index contributed by atoms with van der Waals surface area (Å²) in [5, 5.41) is 0.